The molecule has 0 spiro atoms. The lowest BCUT2D eigenvalue weighted by molar-refractivity contribution is -0.117. The molecule has 1 N–H and O–H groups in total. The summed E-state index contributed by atoms with van der Waals surface area (Å²) in [6, 6.07) is 11.6. The number of thiophene rings is 1. The minimum absolute atomic E-state index is 0.101. The molecule has 2 heterocycles. The molecule has 0 aliphatic carbocycles. The molecule has 1 aromatic heterocycles. The molecule has 1 saturated heterocycles. The Hall–Kier alpha value is -2.42. The van der Waals surface area contributed by atoms with Crippen LogP contribution in [0.2, 0.25) is 0 Å². The number of amides is 1. The third kappa shape index (κ3) is 7.05. The maximum Gasteiger partial charge on any atom is 0.341 e. The molecule has 0 saturated carbocycles. The second-order valence-electron chi connectivity index (χ2n) is 7.36. The van der Waals surface area contributed by atoms with Crippen molar-refractivity contribution in [3.8, 4) is 5.75 Å². The van der Waals surface area contributed by atoms with Gasteiger partial charge in [-0.25, -0.2) is 4.79 Å². The van der Waals surface area contributed by atoms with Gasteiger partial charge in [0.1, 0.15) is 17.4 Å². The predicted molar refractivity (Wildman–Crippen MR) is 123 cm³/mol. The number of carbonyl (C=O) groups is 2. The molecule has 8 heteroatoms. The number of carbonyl (C=O) groups excluding carboxylic acids is 2. The first-order valence-electron chi connectivity index (χ1n) is 10.8. The van der Waals surface area contributed by atoms with Gasteiger partial charge >= 0.3 is 5.97 Å². The lowest BCUT2D eigenvalue weighted by Crippen LogP contribution is -2.49. The summed E-state index contributed by atoms with van der Waals surface area (Å²) in [6.45, 7) is 9.40. The molecule has 1 fully saturated rings. The predicted octanol–water partition coefficient (Wildman–Crippen LogP) is 3.12. The fraction of sp³-hybridized carbons (Fsp3) is 0.478. The minimum Gasteiger partial charge on any atom is -0.492 e. The van der Waals surface area contributed by atoms with E-state index in [1.54, 1.807) is 6.92 Å². The molecule has 1 amide bonds. The van der Waals surface area contributed by atoms with E-state index in [2.05, 4.69) is 15.1 Å². The number of anilines is 1. The number of benzene rings is 1. The Kier molecular flexibility index (Phi) is 8.87. The SMILES string of the molecule is CCOC(=O)c1cc(CC)sc1NC(=O)CN1CCN(CCOc2ccccc2)CC1. The summed E-state index contributed by atoms with van der Waals surface area (Å²) in [4.78, 5) is 30.3. The van der Waals surface area contributed by atoms with Gasteiger partial charge in [-0.1, -0.05) is 25.1 Å². The number of ether oxygens (including phenoxy) is 2. The van der Waals surface area contributed by atoms with Crippen molar-refractivity contribution in [2.24, 2.45) is 0 Å². The van der Waals surface area contributed by atoms with Crippen molar-refractivity contribution < 1.29 is 19.1 Å². The van der Waals surface area contributed by atoms with Crippen LogP contribution in [0.1, 0.15) is 29.1 Å². The number of esters is 1. The fourth-order valence-electron chi connectivity index (χ4n) is 3.42. The zero-order chi connectivity index (χ0) is 22.1. The largest absolute Gasteiger partial charge is 0.492 e. The maximum absolute atomic E-state index is 12.6. The molecule has 0 unspecified atom stereocenters. The summed E-state index contributed by atoms with van der Waals surface area (Å²) < 4.78 is 10.9. The Morgan fingerprint density at radius 2 is 1.77 bits per heavy atom. The molecule has 3 rings (SSSR count). The summed E-state index contributed by atoms with van der Waals surface area (Å²) in [5, 5.41) is 3.50. The Bertz CT molecular complexity index is 848. The van der Waals surface area contributed by atoms with Crippen LogP contribution in [-0.4, -0.2) is 74.2 Å². The number of rotatable bonds is 10. The van der Waals surface area contributed by atoms with Gasteiger partial charge in [0, 0.05) is 37.6 Å². The van der Waals surface area contributed by atoms with Crippen LogP contribution in [0.4, 0.5) is 5.00 Å². The molecule has 7 nitrogen and oxygen atoms in total. The van der Waals surface area contributed by atoms with Crippen LogP contribution in [0.25, 0.3) is 0 Å². The van der Waals surface area contributed by atoms with Gasteiger partial charge in [-0.15, -0.1) is 11.3 Å². The lowest BCUT2D eigenvalue weighted by Gasteiger charge is -2.34. The first kappa shape index (κ1) is 23.2. The molecule has 168 valence electrons. The second kappa shape index (κ2) is 11.8. The summed E-state index contributed by atoms with van der Waals surface area (Å²) in [5.74, 6) is 0.399. The highest BCUT2D eigenvalue weighted by Gasteiger charge is 2.22. The molecular formula is C23H31N3O4S. The number of hydrogen-bond acceptors (Lipinski definition) is 7. The average Bonchev–Trinajstić information content (AvgIpc) is 3.19. The Morgan fingerprint density at radius 1 is 1.06 bits per heavy atom. The van der Waals surface area contributed by atoms with E-state index in [0.717, 1.165) is 49.8 Å². The van der Waals surface area contributed by atoms with Crippen LogP contribution in [0.5, 0.6) is 5.75 Å². The lowest BCUT2D eigenvalue weighted by atomic mass is 10.2. The third-order valence-electron chi connectivity index (χ3n) is 5.13. The number of hydrogen-bond donors (Lipinski definition) is 1. The summed E-state index contributed by atoms with van der Waals surface area (Å²) >= 11 is 1.44. The summed E-state index contributed by atoms with van der Waals surface area (Å²) in [7, 11) is 0. The number of nitrogens with zero attached hydrogens (tertiary/aromatic N) is 2. The highest BCUT2D eigenvalue weighted by Crippen LogP contribution is 2.29. The van der Waals surface area contributed by atoms with Crippen LogP contribution in [0.15, 0.2) is 36.4 Å². The number of piperazine rings is 1. The van der Waals surface area contributed by atoms with E-state index < -0.39 is 0 Å². The molecule has 0 radical (unpaired) electrons. The zero-order valence-corrected chi connectivity index (χ0v) is 19.1. The number of para-hydroxylation sites is 1. The fourth-order valence-corrected chi connectivity index (χ4v) is 4.42. The van der Waals surface area contributed by atoms with Gasteiger partial charge in [0.05, 0.1) is 18.7 Å². The quantitative estimate of drug-likeness (QED) is 0.567. The van der Waals surface area contributed by atoms with Crippen molar-refractivity contribution >= 4 is 28.2 Å². The van der Waals surface area contributed by atoms with E-state index in [1.807, 2.05) is 43.3 Å². The topological polar surface area (TPSA) is 71.1 Å². The Labute approximate surface area is 187 Å². The van der Waals surface area contributed by atoms with Crippen LogP contribution in [0, 0.1) is 0 Å². The highest BCUT2D eigenvalue weighted by atomic mass is 32.1. The van der Waals surface area contributed by atoms with Crippen LogP contribution >= 0.6 is 11.3 Å². The van der Waals surface area contributed by atoms with Crippen molar-refractivity contribution in [3.63, 3.8) is 0 Å². The van der Waals surface area contributed by atoms with Crippen molar-refractivity contribution in [2.45, 2.75) is 20.3 Å². The Balaban J connectivity index is 1.42. The first-order valence-corrected chi connectivity index (χ1v) is 11.6. The molecule has 0 atom stereocenters. The Morgan fingerprint density at radius 3 is 2.45 bits per heavy atom. The van der Waals surface area contributed by atoms with Crippen LogP contribution in [-0.2, 0) is 16.0 Å². The van der Waals surface area contributed by atoms with Crippen molar-refractivity contribution in [1.29, 1.82) is 0 Å². The number of aryl methyl sites for hydroxylation is 1. The standard InChI is InChI=1S/C23H31N3O4S/c1-3-19-16-20(23(28)29-4-2)22(31-19)24-21(27)17-26-12-10-25(11-13-26)14-15-30-18-8-6-5-7-9-18/h5-9,16H,3-4,10-15,17H2,1-2H3,(H,24,27). The zero-order valence-electron chi connectivity index (χ0n) is 18.3. The van der Waals surface area contributed by atoms with Crippen LogP contribution < -0.4 is 10.1 Å². The van der Waals surface area contributed by atoms with Gasteiger partial charge in [-0.3, -0.25) is 14.6 Å². The van der Waals surface area contributed by atoms with Crippen molar-refractivity contribution in [2.75, 3.05) is 57.8 Å². The second-order valence-corrected chi connectivity index (χ2v) is 8.49. The molecule has 2 aromatic rings. The monoisotopic (exact) mass is 445 g/mol. The normalized spacial score (nSPS) is 14.9. The smallest absolute Gasteiger partial charge is 0.341 e. The van der Waals surface area contributed by atoms with Gasteiger partial charge < -0.3 is 14.8 Å². The summed E-state index contributed by atoms with van der Waals surface area (Å²) in [6.07, 6.45) is 0.808. The average molecular weight is 446 g/mol. The molecule has 0 bridgehead atoms. The van der Waals surface area contributed by atoms with E-state index in [0.29, 0.717) is 30.3 Å². The van der Waals surface area contributed by atoms with Gasteiger partial charge in [-0.2, -0.15) is 0 Å². The van der Waals surface area contributed by atoms with E-state index in [1.165, 1.54) is 11.3 Å². The molecule has 1 aliphatic heterocycles. The van der Waals surface area contributed by atoms with E-state index in [9.17, 15) is 9.59 Å². The third-order valence-corrected chi connectivity index (χ3v) is 6.33. The maximum atomic E-state index is 12.6. The van der Waals surface area contributed by atoms with Crippen molar-refractivity contribution in [1.82, 2.24) is 9.80 Å². The molecule has 31 heavy (non-hydrogen) atoms. The number of nitrogens with one attached hydrogen (secondary N) is 1. The van der Waals surface area contributed by atoms with Gasteiger partial charge in [0.2, 0.25) is 5.91 Å². The minimum atomic E-state index is -0.389. The summed E-state index contributed by atoms with van der Waals surface area (Å²) in [5.41, 5.74) is 0.445. The molecule has 1 aliphatic rings. The van der Waals surface area contributed by atoms with E-state index in [4.69, 9.17) is 9.47 Å². The van der Waals surface area contributed by atoms with E-state index >= 15 is 0 Å². The van der Waals surface area contributed by atoms with E-state index in [-0.39, 0.29) is 11.9 Å². The first-order chi connectivity index (χ1) is 15.1. The van der Waals surface area contributed by atoms with Gasteiger partial charge in [0.15, 0.2) is 0 Å². The molecular weight excluding hydrogens is 414 g/mol. The molecule has 1 aromatic carbocycles. The van der Waals surface area contributed by atoms with Crippen LogP contribution in [0.3, 0.4) is 0 Å². The van der Waals surface area contributed by atoms with Gasteiger partial charge in [-0.05, 0) is 31.5 Å². The van der Waals surface area contributed by atoms with Crippen molar-refractivity contribution in [3.05, 3.63) is 46.8 Å². The van der Waals surface area contributed by atoms with Gasteiger partial charge in [0.25, 0.3) is 0 Å². The highest BCUT2D eigenvalue weighted by molar-refractivity contribution is 7.16.